The highest BCUT2D eigenvalue weighted by Gasteiger charge is 2.08. The Labute approximate surface area is 134 Å². The molecule has 2 heterocycles. The van der Waals surface area contributed by atoms with Gasteiger partial charge in [0, 0.05) is 29.5 Å². The predicted octanol–water partition coefficient (Wildman–Crippen LogP) is 2.63. The molecule has 3 aromatic rings. The number of carbonyl (C=O) groups is 1. The monoisotopic (exact) mass is 309 g/mol. The van der Waals surface area contributed by atoms with Crippen molar-refractivity contribution in [1.82, 2.24) is 19.3 Å². The first kappa shape index (κ1) is 15.0. The fourth-order valence-corrected chi connectivity index (χ4v) is 2.53. The van der Waals surface area contributed by atoms with E-state index < -0.39 is 0 Å². The number of hydrogen-bond acceptors (Lipinski definition) is 3. The molecule has 0 saturated carbocycles. The average Bonchev–Trinajstić information content (AvgIpc) is 3.06. The van der Waals surface area contributed by atoms with Crippen LogP contribution in [0.5, 0.6) is 0 Å². The zero-order valence-corrected chi connectivity index (χ0v) is 13.4. The summed E-state index contributed by atoms with van der Waals surface area (Å²) in [5, 5.41) is 7.18. The summed E-state index contributed by atoms with van der Waals surface area (Å²) in [6.07, 6.45) is 3.67. The van der Waals surface area contributed by atoms with Gasteiger partial charge in [0.2, 0.25) is 5.91 Å². The van der Waals surface area contributed by atoms with Crippen LogP contribution >= 0.6 is 0 Å². The summed E-state index contributed by atoms with van der Waals surface area (Å²) in [7, 11) is 0. The molecule has 0 aliphatic heterocycles. The molecule has 1 aromatic carbocycles. The van der Waals surface area contributed by atoms with E-state index in [-0.39, 0.29) is 12.5 Å². The predicted molar refractivity (Wildman–Crippen MR) is 88.6 cm³/mol. The molecule has 0 saturated heterocycles. The number of aromatic nitrogens is 4. The minimum atomic E-state index is -0.0947. The largest absolute Gasteiger partial charge is 0.324 e. The first-order valence-electron chi connectivity index (χ1n) is 7.44. The highest BCUT2D eigenvalue weighted by molar-refractivity contribution is 5.90. The molecule has 0 aliphatic carbocycles. The zero-order valence-electron chi connectivity index (χ0n) is 13.4. The molecule has 23 heavy (non-hydrogen) atoms. The van der Waals surface area contributed by atoms with Crippen molar-refractivity contribution in [2.45, 2.75) is 27.3 Å². The quantitative estimate of drug-likeness (QED) is 0.805. The molecule has 0 radical (unpaired) electrons. The van der Waals surface area contributed by atoms with Gasteiger partial charge in [-0.25, -0.2) is 4.98 Å². The molecule has 0 atom stereocenters. The molecule has 6 heteroatoms. The number of rotatable bonds is 4. The molecule has 0 unspecified atom stereocenters. The van der Waals surface area contributed by atoms with E-state index in [0.717, 1.165) is 28.6 Å². The summed E-state index contributed by atoms with van der Waals surface area (Å²) in [4.78, 5) is 16.3. The van der Waals surface area contributed by atoms with E-state index in [1.54, 1.807) is 10.9 Å². The highest BCUT2D eigenvalue weighted by atomic mass is 16.2. The zero-order chi connectivity index (χ0) is 16.4. The van der Waals surface area contributed by atoms with Gasteiger partial charge in [-0.15, -0.1) is 0 Å². The maximum absolute atomic E-state index is 12.1. The maximum atomic E-state index is 12.1. The molecule has 118 valence electrons. The van der Waals surface area contributed by atoms with Crippen molar-refractivity contribution >= 4 is 11.6 Å². The van der Waals surface area contributed by atoms with Crippen LogP contribution in [0.1, 0.15) is 17.2 Å². The number of nitrogens with one attached hydrogen (secondary N) is 1. The molecular weight excluding hydrogens is 290 g/mol. The van der Waals surface area contributed by atoms with Gasteiger partial charge in [0.1, 0.15) is 12.4 Å². The van der Waals surface area contributed by atoms with Crippen LogP contribution in [0.3, 0.4) is 0 Å². The summed E-state index contributed by atoms with van der Waals surface area (Å²) in [5.74, 6) is 0.828. The lowest BCUT2D eigenvalue weighted by Gasteiger charge is -2.09. The van der Waals surface area contributed by atoms with E-state index in [1.807, 2.05) is 61.9 Å². The van der Waals surface area contributed by atoms with E-state index in [1.165, 1.54) is 0 Å². The molecule has 1 amide bonds. The Morgan fingerprint density at radius 3 is 2.48 bits per heavy atom. The summed E-state index contributed by atoms with van der Waals surface area (Å²) >= 11 is 0. The Hall–Kier alpha value is -2.89. The van der Waals surface area contributed by atoms with Crippen molar-refractivity contribution in [2.75, 3.05) is 5.32 Å². The van der Waals surface area contributed by atoms with Gasteiger partial charge in [-0.3, -0.25) is 9.48 Å². The van der Waals surface area contributed by atoms with Crippen molar-refractivity contribution in [3.05, 3.63) is 59.9 Å². The van der Waals surface area contributed by atoms with E-state index in [0.29, 0.717) is 0 Å². The number of amides is 1. The minimum Gasteiger partial charge on any atom is -0.324 e. The standard InChI is InChI=1S/C17H19N5O/c1-12-10-13(2)22(20-12)11-17(23)19-15-4-6-16(7-5-15)21-9-8-18-14(21)3/h4-10H,11H2,1-3H3,(H,19,23). The molecule has 3 rings (SSSR count). The van der Waals surface area contributed by atoms with E-state index in [9.17, 15) is 4.79 Å². The van der Waals surface area contributed by atoms with Crippen molar-refractivity contribution in [1.29, 1.82) is 0 Å². The third-order valence-electron chi connectivity index (χ3n) is 3.65. The maximum Gasteiger partial charge on any atom is 0.246 e. The number of benzene rings is 1. The molecule has 0 aliphatic rings. The SMILES string of the molecule is Cc1cc(C)n(CC(=O)Nc2ccc(-n3ccnc3C)cc2)n1. The van der Waals surface area contributed by atoms with Crippen LogP contribution in [0.25, 0.3) is 5.69 Å². The number of hydrogen-bond donors (Lipinski definition) is 1. The number of nitrogens with zero attached hydrogens (tertiary/aromatic N) is 4. The molecular formula is C17H19N5O. The summed E-state index contributed by atoms with van der Waals surface area (Å²) in [6.45, 7) is 6.01. The fraction of sp³-hybridized carbons (Fsp3) is 0.235. The first-order valence-corrected chi connectivity index (χ1v) is 7.44. The van der Waals surface area contributed by atoms with Crippen LogP contribution in [-0.4, -0.2) is 25.2 Å². The number of anilines is 1. The van der Waals surface area contributed by atoms with Crippen molar-refractivity contribution in [3.63, 3.8) is 0 Å². The first-order chi connectivity index (χ1) is 11.0. The van der Waals surface area contributed by atoms with Gasteiger partial charge in [-0.2, -0.15) is 5.10 Å². The Bertz CT molecular complexity index is 829. The minimum absolute atomic E-state index is 0.0947. The van der Waals surface area contributed by atoms with Gasteiger partial charge < -0.3 is 9.88 Å². The van der Waals surface area contributed by atoms with Crippen molar-refractivity contribution < 1.29 is 4.79 Å². The van der Waals surface area contributed by atoms with Gasteiger partial charge in [0.25, 0.3) is 0 Å². The third-order valence-corrected chi connectivity index (χ3v) is 3.65. The smallest absolute Gasteiger partial charge is 0.246 e. The Balaban J connectivity index is 1.67. The fourth-order valence-electron chi connectivity index (χ4n) is 2.53. The molecule has 6 nitrogen and oxygen atoms in total. The second-order valence-corrected chi connectivity index (χ2v) is 5.52. The van der Waals surface area contributed by atoms with E-state index in [4.69, 9.17) is 0 Å². The van der Waals surface area contributed by atoms with Crippen molar-refractivity contribution in [3.8, 4) is 5.69 Å². The van der Waals surface area contributed by atoms with Gasteiger partial charge in [-0.1, -0.05) is 0 Å². The normalized spacial score (nSPS) is 10.7. The van der Waals surface area contributed by atoms with Crippen LogP contribution in [0.15, 0.2) is 42.7 Å². The Morgan fingerprint density at radius 2 is 1.91 bits per heavy atom. The topological polar surface area (TPSA) is 64.7 Å². The molecule has 0 spiro atoms. The molecule has 2 aromatic heterocycles. The van der Waals surface area contributed by atoms with E-state index in [2.05, 4.69) is 15.4 Å². The summed E-state index contributed by atoms with van der Waals surface area (Å²) in [6, 6.07) is 9.62. The second-order valence-electron chi connectivity index (χ2n) is 5.52. The van der Waals surface area contributed by atoms with Crippen LogP contribution in [0.4, 0.5) is 5.69 Å². The number of imidazole rings is 1. The highest BCUT2D eigenvalue weighted by Crippen LogP contribution is 2.15. The van der Waals surface area contributed by atoms with Crippen molar-refractivity contribution in [2.24, 2.45) is 0 Å². The van der Waals surface area contributed by atoms with Gasteiger partial charge in [-0.05, 0) is 51.1 Å². The van der Waals surface area contributed by atoms with Gasteiger partial charge in [0.15, 0.2) is 0 Å². The lowest BCUT2D eigenvalue weighted by Crippen LogP contribution is -2.20. The lowest BCUT2D eigenvalue weighted by atomic mass is 10.2. The van der Waals surface area contributed by atoms with E-state index >= 15 is 0 Å². The second kappa shape index (κ2) is 6.08. The van der Waals surface area contributed by atoms with Crippen LogP contribution in [0.2, 0.25) is 0 Å². The number of carbonyl (C=O) groups excluding carboxylic acids is 1. The summed E-state index contributed by atoms with van der Waals surface area (Å²) in [5.41, 5.74) is 3.66. The molecule has 0 fully saturated rings. The van der Waals surface area contributed by atoms with Gasteiger partial charge >= 0.3 is 0 Å². The lowest BCUT2D eigenvalue weighted by molar-refractivity contribution is -0.116. The average molecular weight is 309 g/mol. The van der Waals surface area contributed by atoms with Gasteiger partial charge in [0.05, 0.1) is 5.69 Å². The number of aryl methyl sites for hydroxylation is 3. The van der Waals surface area contributed by atoms with Crippen LogP contribution in [0, 0.1) is 20.8 Å². The Kier molecular flexibility index (Phi) is 3.97. The molecule has 1 N–H and O–H groups in total. The summed E-state index contributed by atoms with van der Waals surface area (Å²) < 4.78 is 3.69. The third kappa shape index (κ3) is 3.31. The van der Waals surface area contributed by atoms with Crippen LogP contribution < -0.4 is 5.32 Å². The van der Waals surface area contributed by atoms with Crippen LogP contribution in [-0.2, 0) is 11.3 Å². The molecule has 0 bridgehead atoms. The Morgan fingerprint density at radius 1 is 1.17 bits per heavy atom.